The number of ether oxygens (including phenoxy) is 1. The molecule has 3 rings (SSSR count). The van der Waals surface area contributed by atoms with Crippen molar-refractivity contribution in [2.45, 2.75) is 6.92 Å². The van der Waals surface area contributed by atoms with E-state index in [9.17, 15) is 5.26 Å². The third-order valence-electron chi connectivity index (χ3n) is 3.90. The average molecular weight is 371 g/mol. The topological polar surface area (TPSA) is 67.0 Å². The van der Waals surface area contributed by atoms with Gasteiger partial charge in [-0.2, -0.15) is 5.26 Å². The molecule has 0 atom stereocenters. The molecule has 0 aliphatic heterocycles. The number of rotatable bonds is 5. The molecule has 0 bridgehead atoms. The molecule has 0 aliphatic carbocycles. The highest BCUT2D eigenvalue weighted by Gasteiger charge is 2.11. The van der Waals surface area contributed by atoms with Gasteiger partial charge >= 0.3 is 0 Å². The fourth-order valence-electron chi connectivity index (χ4n) is 2.54. The van der Waals surface area contributed by atoms with Crippen LogP contribution in [0.15, 0.2) is 48.8 Å². The Hall–Kier alpha value is -3.61. The van der Waals surface area contributed by atoms with E-state index in [1.807, 2.05) is 62.4 Å². The van der Waals surface area contributed by atoms with Crippen LogP contribution in [-0.4, -0.2) is 46.9 Å². The summed E-state index contributed by atoms with van der Waals surface area (Å²) in [5, 5.41) is 13.8. The third kappa shape index (κ3) is 4.97. The molecule has 0 amide bonds. The highest BCUT2D eigenvalue weighted by atomic mass is 16.5. The van der Waals surface area contributed by atoms with Crippen LogP contribution in [0.3, 0.4) is 0 Å². The van der Waals surface area contributed by atoms with Gasteiger partial charge in [-0.15, -0.1) is 5.10 Å². The number of hydrogen-bond donors (Lipinski definition) is 0. The molecule has 3 aromatic rings. The molecule has 0 radical (unpaired) electrons. The lowest BCUT2D eigenvalue weighted by molar-refractivity contribution is 0.252. The number of hydrogen-bond acceptors (Lipinski definition) is 5. The summed E-state index contributed by atoms with van der Waals surface area (Å²) >= 11 is 0. The summed E-state index contributed by atoms with van der Waals surface area (Å²) in [6.07, 6.45) is 3.52. The van der Waals surface area contributed by atoms with Crippen LogP contribution in [0.4, 0.5) is 0 Å². The Morgan fingerprint density at radius 2 is 2.04 bits per heavy atom. The zero-order valence-electron chi connectivity index (χ0n) is 16.2. The lowest BCUT2D eigenvalue weighted by atomic mass is 10.1. The molecule has 140 valence electrons. The van der Waals surface area contributed by atoms with Crippen molar-refractivity contribution in [3.05, 3.63) is 71.2 Å². The van der Waals surface area contributed by atoms with Gasteiger partial charge in [-0.1, -0.05) is 12.0 Å². The second kappa shape index (κ2) is 8.85. The number of benzene rings is 1. The van der Waals surface area contributed by atoms with Crippen molar-refractivity contribution < 1.29 is 4.74 Å². The van der Waals surface area contributed by atoms with Crippen LogP contribution in [0.25, 0.3) is 5.69 Å². The van der Waals surface area contributed by atoms with Crippen LogP contribution >= 0.6 is 0 Å². The van der Waals surface area contributed by atoms with Gasteiger partial charge in [-0.3, -0.25) is 0 Å². The number of nitriles is 1. The first-order chi connectivity index (χ1) is 13.5. The molecule has 6 nitrogen and oxygen atoms in total. The summed E-state index contributed by atoms with van der Waals surface area (Å²) in [5.74, 6) is 6.61. The predicted octanol–water partition coefficient (Wildman–Crippen LogP) is 2.79. The number of nitrogens with zero attached hydrogens (tertiary/aromatic N) is 5. The van der Waals surface area contributed by atoms with Crippen molar-refractivity contribution in [1.29, 1.82) is 5.26 Å². The molecule has 0 saturated carbocycles. The van der Waals surface area contributed by atoms with Gasteiger partial charge in [0, 0.05) is 12.7 Å². The van der Waals surface area contributed by atoms with Gasteiger partial charge in [0.25, 0.3) is 0 Å². The SMILES string of the molecule is Cc1cc(C#N)cc(-n2cc(C#Cc3ccccn3)c(OCCN(C)C)n2)c1. The van der Waals surface area contributed by atoms with E-state index in [0.29, 0.717) is 29.3 Å². The second-order valence-corrected chi connectivity index (χ2v) is 6.58. The Kier molecular flexibility index (Phi) is 6.06. The van der Waals surface area contributed by atoms with Gasteiger partial charge < -0.3 is 9.64 Å². The Balaban J connectivity index is 1.96. The van der Waals surface area contributed by atoms with Crippen molar-refractivity contribution in [2.75, 3.05) is 27.2 Å². The Bertz CT molecular complexity index is 1050. The van der Waals surface area contributed by atoms with Crippen molar-refractivity contribution in [3.8, 4) is 29.5 Å². The zero-order chi connectivity index (χ0) is 19.9. The lowest BCUT2D eigenvalue weighted by Crippen LogP contribution is -2.19. The third-order valence-corrected chi connectivity index (χ3v) is 3.90. The first kappa shape index (κ1) is 19.2. The maximum Gasteiger partial charge on any atom is 0.249 e. The van der Waals surface area contributed by atoms with Gasteiger partial charge in [0.2, 0.25) is 5.88 Å². The Morgan fingerprint density at radius 3 is 2.75 bits per heavy atom. The fraction of sp³-hybridized carbons (Fsp3) is 0.227. The molecule has 6 heteroatoms. The largest absolute Gasteiger partial charge is 0.474 e. The molecular weight excluding hydrogens is 350 g/mol. The van der Waals surface area contributed by atoms with E-state index in [-0.39, 0.29) is 0 Å². The molecule has 0 saturated heterocycles. The zero-order valence-corrected chi connectivity index (χ0v) is 16.2. The van der Waals surface area contributed by atoms with Crippen LogP contribution in [0.1, 0.15) is 22.4 Å². The molecule has 0 aliphatic rings. The number of likely N-dealkylation sites (N-methyl/N-ethyl adjacent to an activating group) is 1. The van der Waals surface area contributed by atoms with Gasteiger partial charge in [-0.05, 0) is 62.8 Å². The number of aromatic nitrogens is 3. The second-order valence-electron chi connectivity index (χ2n) is 6.58. The van der Waals surface area contributed by atoms with E-state index in [2.05, 4.69) is 28.0 Å². The first-order valence-electron chi connectivity index (χ1n) is 8.87. The minimum atomic E-state index is 0.463. The van der Waals surface area contributed by atoms with Crippen LogP contribution in [0.2, 0.25) is 0 Å². The van der Waals surface area contributed by atoms with Crippen molar-refractivity contribution in [1.82, 2.24) is 19.7 Å². The molecule has 0 unspecified atom stereocenters. The van der Waals surface area contributed by atoms with Crippen molar-refractivity contribution in [2.24, 2.45) is 0 Å². The highest BCUT2D eigenvalue weighted by molar-refractivity contribution is 5.49. The molecular formula is C22H21N5O. The van der Waals surface area contributed by atoms with E-state index in [4.69, 9.17) is 4.74 Å². The molecule has 1 aromatic carbocycles. The summed E-state index contributed by atoms with van der Waals surface area (Å²) < 4.78 is 7.56. The number of aryl methyl sites for hydroxylation is 1. The van der Waals surface area contributed by atoms with Crippen LogP contribution in [-0.2, 0) is 0 Å². The summed E-state index contributed by atoms with van der Waals surface area (Å²) in [7, 11) is 3.97. The molecule has 2 aromatic heterocycles. The van der Waals surface area contributed by atoms with E-state index in [1.54, 1.807) is 16.9 Å². The van der Waals surface area contributed by atoms with Crippen LogP contribution in [0, 0.1) is 30.1 Å². The minimum absolute atomic E-state index is 0.463. The molecule has 28 heavy (non-hydrogen) atoms. The minimum Gasteiger partial charge on any atom is -0.474 e. The summed E-state index contributed by atoms with van der Waals surface area (Å²) in [5.41, 5.74) is 3.71. The van der Waals surface area contributed by atoms with Crippen LogP contribution in [0.5, 0.6) is 5.88 Å². The standard InChI is InChI=1S/C22H21N5O/c1-17-12-18(15-23)14-21(13-17)27-16-19(7-8-20-6-4-5-9-24-20)22(25-27)28-11-10-26(2)3/h4-6,9,12-14,16H,10-11H2,1-3H3. The highest BCUT2D eigenvalue weighted by Crippen LogP contribution is 2.20. The van der Waals surface area contributed by atoms with E-state index >= 15 is 0 Å². The summed E-state index contributed by atoms with van der Waals surface area (Å²) in [6.45, 7) is 3.21. The van der Waals surface area contributed by atoms with Crippen molar-refractivity contribution in [3.63, 3.8) is 0 Å². The smallest absolute Gasteiger partial charge is 0.249 e. The summed E-state index contributed by atoms with van der Waals surface area (Å²) in [6, 6.07) is 13.4. The Morgan fingerprint density at radius 1 is 1.18 bits per heavy atom. The van der Waals surface area contributed by atoms with Gasteiger partial charge in [0.15, 0.2) is 0 Å². The molecule has 0 spiro atoms. The van der Waals surface area contributed by atoms with Gasteiger partial charge in [0.05, 0.1) is 23.5 Å². The van der Waals surface area contributed by atoms with E-state index in [0.717, 1.165) is 17.8 Å². The monoisotopic (exact) mass is 371 g/mol. The van der Waals surface area contributed by atoms with E-state index < -0.39 is 0 Å². The quantitative estimate of drug-likeness (QED) is 0.645. The fourth-order valence-corrected chi connectivity index (χ4v) is 2.54. The average Bonchev–Trinajstić information content (AvgIpc) is 3.09. The maximum absolute atomic E-state index is 9.23. The number of pyridine rings is 1. The van der Waals surface area contributed by atoms with E-state index in [1.165, 1.54) is 0 Å². The maximum atomic E-state index is 9.23. The molecule has 2 heterocycles. The van der Waals surface area contributed by atoms with Gasteiger partial charge in [-0.25, -0.2) is 9.67 Å². The molecule has 0 fully saturated rings. The summed E-state index contributed by atoms with van der Waals surface area (Å²) in [4.78, 5) is 6.26. The first-order valence-corrected chi connectivity index (χ1v) is 8.87. The van der Waals surface area contributed by atoms with Crippen molar-refractivity contribution >= 4 is 0 Å². The molecule has 0 N–H and O–H groups in total. The lowest BCUT2D eigenvalue weighted by Gasteiger charge is -2.09. The predicted molar refractivity (Wildman–Crippen MR) is 107 cm³/mol. The Labute approximate surface area is 165 Å². The normalized spacial score (nSPS) is 10.2. The van der Waals surface area contributed by atoms with Crippen LogP contribution < -0.4 is 4.74 Å². The van der Waals surface area contributed by atoms with Gasteiger partial charge in [0.1, 0.15) is 17.9 Å².